The second kappa shape index (κ2) is 8.71. The van der Waals surface area contributed by atoms with Crippen LogP contribution in [0.5, 0.6) is 0 Å². The van der Waals surface area contributed by atoms with E-state index in [9.17, 15) is 18.8 Å². The number of nitrogens with zero attached hydrogens (tertiary/aromatic N) is 2. The van der Waals surface area contributed by atoms with Gasteiger partial charge in [-0.2, -0.15) is 0 Å². The second-order valence-electron chi connectivity index (χ2n) is 7.08. The average Bonchev–Trinajstić information content (AvgIpc) is 3.35. The van der Waals surface area contributed by atoms with Crippen molar-refractivity contribution in [2.24, 2.45) is 0 Å². The number of carbonyl (C=O) groups is 3. The molecule has 0 aliphatic carbocycles. The Morgan fingerprint density at radius 3 is 2.47 bits per heavy atom. The molecule has 2 aromatic rings. The molecule has 1 N–H and O–H groups in total. The monoisotopic (exact) mass is 425 g/mol. The van der Waals surface area contributed by atoms with Crippen molar-refractivity contribution in [2.75, 3.05) is 29.9 Å². The van der Waals surface area contributed by atoms with E-state index in [1.165, 1.54) is 31.0 Å². The van der Waals surface area contributed by atoms with Gasteiger partial charge >= 0.3 is 0 Å². The van der Waals surface area contributed by atoms with Crippen LogP contribution in [-0.2, 0) is 9.59 Å². The van der Waals surface area contributed by atoms with Gasteiger partial charge in [0.15, 0.2) is 0 Å². The summed E-state index contributed by atoms with van der Waals surface area (Å²) in [6, 6.07) is 13.5. The predicted molar refractivity (Wildman–Crippen MR) is 116 cm³/mol. The number of imide groups is 1. The van der Waals surface area contributed by atoms with E-state index in [0.29, 0.717) is 0 Å². The van der Waals surface area contributed by atoms with Gasteiger partial charge in [0, 0.05) is 18.8 Å². The number of carbonyl (C=O) groups excluding carboxylic acids is 3. The van der Waals surface area contributed by atoms with E-state index in [0.717, 1.165) is 41.0 Å². The van der Waals surface area contributed by atoms with Gasteiger partial charge in [0.05, 0.1) is 10.6 Å². The normalized spacial score (nSPS) is 17.8. The van der Waals surface area contributed by atoms with Crippen LogP contribution in [0.1, 0.15) is 18.4 Å². The van der Waals surface area contributed by atoms with Crippen LogP contribution in [0.25, 0.3) is 6.08 Å². The first-order valence-corrected chi connectivity index (χ1v) is 10.5. The quantitative estimate of drug-likeness (QED) is 0.731. The van der Waals surface area contributed by atoms with E-state index in [-0.39, 0.29) is 10.6 Å². The minimum atomic E-state index is -0.640. The van der Waals surface area contributed by atoms with Crippen molar-refractivity contribution in [3.8, 4) is 0 Å². The fourth-order valence-electron chi connectivity index (χ4n) is 3.44. The van der Waals surface area contributed by atoms with Crippen molar-refractivity contribution in [3.63, 3.8) is 0 Å². The molecule has 2 fully saturated rings. The summed E-state index contributed by atoms with van der Waals surface area (Å²) in [5.41, 5.74) is 1.95. The van der Waals surface area contributed by atoms with Crippen LogP contribution >= 0.6 is 11.8 Å². The van der Waals surface area contributed by atoms with Crippen molar-refractivity contribution in [2.45, 2.75) is 12.8 Å². The van der Waals surface area contributed by atoms with Gasteiger partial charge in [-0.3, -0.25) is 19.3 Å². The molecule has 0 bridgehead atoms. The Bertz CT molecular complexity index is 1020. The predicted octanol–water partition coefficient (Wildman–Crippen LogP) is 4.10. The molecule has 8 heteroatoms. The molecule has 0 saturated carbocycles. The third kappa shape index (κ3) is 4.38. The van der Waals surface area contributed by atoms with Crippen LogP contribution in [-0.4, -0.2) is 41.6 Å². The zero-order valence-corrected chi connectivity index (χ0v) is 17.0. The first-order valence-electron chi connectivity index (χ1n) is 9.66. The average molecular weight is 425 g/mol. The van der Waals surface area contributed by atoms with Crippen molar-refractivity contribution < 1.29 is 18.8 Å². The third-order valence-electron chi connectivity index (χ3n) is 4.99. The number of nitrogens with one attached hydrogen (secondary N) is 1. The second-order valence-corrected chi connectivity index (χ2v) is 8.07. The van der Waals surface area contributed by atoms with Crippen LogP contribution in [0.4, 0.5) is 20.6 Å². The Balaban J connectivity index is 1.41. The minimum Gasteiger partial charge on any atom is -0.372 e. The molecule has 0 spiro atoms. The number of hydrogen-bond acceptors (Lipinski definition) is 5. The highest BCUT2D eigenvalue weighted by Gasteiger charge is 2.36. The summed E-state index contributed by atoms with van der Waals surface area (Å²) in [4.78, 5) is 40.5. The molecule has 6 nitrogen and oxygen atoms in total. The van der Waals surface area contributed by atoms with Gasteiger partial charge in [0.25, 0.3) is 11.1 Å². The molecule has 2 aliphatic rings. The lowest BCUT2D eigenvalue weighted by Crippen LogP contribution is -2.36. The van der Waals surface area contributed by atoms with Crippen LogP contribution in [0.15, 0.2) is 53.4 Å². The molecule has 0 atom stereocenters. The summed E-state index contributed by atoms with van der Waals surface area (Å²) in [6.45, 7) is 1.63. The van der Waals surface area contributed by atoms with Gasteiger partial charge in [-0.05, 0) is 60.5 Å². The van der Waals surface area contributed by atoms with Gasteiger partial charge in [-0.1, -0.05) is 24.3 Å². The summed E-state index contributed by atoms with van der Waals surface area (Å²) in [5.74, 6) is -1.76. The molecule has 2 aliphatic heterocycles. The molecule has 154 valence electrons. The van der Waals surface area contributed by atoms with Gasteiger partial charge in [-0.25, -0.2) is 4.39 Å². The number of para-hydroxylation sites is 1. The van der Waals surface area contributed by atoms with Crippen molar-refractivity contribution in [1.82, 2.24) is 4.90 Å². The number of rotatable bonds is 5. The lowest BCUT2D eigenvalue weighted by atomic mass is 10.2. The number of halogens is 1. The largest absolute Gasteiger partial charge is 0.372 e. The van der Waals surface area contributed by atoms with Crippen LogP contribution < -0.4 is 10.2 Å². The van der Waals surface area contributed by atoms with E-state index in [2.05, 4.69) is 10.2 Å². The lowest BCUT2D eigenvalue weighted by Gasteiger charge is -2.17. The Labute approximate surface area is 177 Å². The van der Waals surface area contributed by atoms with Crippen molar-refractivity contribution in [1.29, 1.82) is 0 Å². The summed E-state index contributed by atoms with van der Waals surface area (Å²) in [5, 5.41) is 1.86. The molecular weight excluding hydrogens is 405 g/mol. The fraction of sp³-hybridized carbons (Fsp3) is 0.227. The minimum absolute atomic E-state index is 0.00288. The Morgan fingerprint density at radius 2 is 1.77 bits per heavy atom. The van der Waals surface area contributed by atoms with Crippen molar-refractivity contribution in [3.05, 3.63) is 64.8 Å². The first-order chi connectivity index (χ1) is 14.5. The van der Waals surface area contributed by atoms with Crippen LogP contribution in [0, 0.1) is 5.82 Å². The Morgan fingerprint density at radius 1 is 1.07 bits per heavy atom. The molecule has 4 rings (SSSR count). The van der Waals surface area contributed by atoms with E-state index in [4.69, 9.17) is 0 Å². The van der Waals surface area contributed by atoms with E-state index in [1.807, 2.05) is 24.3 Å². The van der Waals surface area contributed by atoms with Crippen molar-refractivity contribution >= 4 is 46.3 Å². The number of thioether (sulfide) groups is 1. The summed E-state index contributed by atoms with van der Waals surface area (Å²) in [7, 11) is 0. The molecule has 30 heavy (non-hydrogen) atoms. The standard InChI is InChI=1S/C22H20FN3O3S/c23-17-5-1-2-6-18(17)24-20(27)14-26-21(28)19(30-22(26)29)13-15-7-9-16(10-8-15)25-11-3-4-12-25/h1-2,5-10,13H,3-4,11-12,14H2,(H,24,27)/b19-13-. The SMILES string of the molecule is O=C(CN1C(=O)S/C(=C\c2ccc(N3CCCC3)cc2)C1=O)Nc1ccccc1F. The number of amides is 3. The van der Waals surface area contributed by atoms with Gasteiger partial charge in [0.1, 0.15) is 12.4 Å². The molecule has 3 amide bonds. The fourth-order valence-corrected chi connectivity index (χ4v) is 4.28. The maximum Gasteiger partial charge on any atom is 0.294 e. The molecule has 0 unspecified atom stereocenters. The third-order valence-corrected chi connectivity index (χ3v) is 5.89. The van der Waals surface area contributed by atoms with Crippen LogP contribution in [0.3, 0.4) is 0 Å². The first kappa shape index (κ1) is 20.2. The summed E-state index contributed by atoms with van der Waals surface area (Å²) < 4.78 is 13.7. The number of benzene rings is 2. The highest BCUT2D eigenvalue weighted by molar-refractivity contribution is 8.18. The maximum absolute atomic E-state index is 13.7. The maximum atomic E-state index is 13.7. The number of hydrogen-bond donors (Lipinski definition) is 1. The smallest absolute Gasteiger partial charge is 0.294 e. The molecule has 2 heterocycles. The zero-order valence-electron chi connectivity index (χ0n) is 16.1. The van der Waals surface area contributed by atoms with Gasteiger partial charge < -0.3 is 10.2 Å². The highest BCUT2D eigenvalue weighted by Crippen LogP contribution is 2.32. The molecule has 0 radical (unpaired) electrons. The van der Waals surface area contributed by atoms with Gasteiger partial charge in [-0.15, -0.1) is 0 Å². The lowest BCUT2D eigenvalue weighted by molar-refractivity contribution is -0.127. The highest BCUT2D eigenvalue weighted by atomic mass is 32.2. The number of anilines is 2. The van der Waals surface area contributed by atoms with Crippen LogP contribution in [0.2, 0.25) is 0 Å². The summed E-state index contributed by atoms with van der Waals surface area (Å²) >= 11 is 0.792. The summed E-state index contributed by atoms with van der Waals surface area (Å²) in [6.07, 6.45) is 4.03. The Kier molecular flexibility index (Phi) is 5.85. The zero-order chi connectivity index (χ0) is 21.1. The molecule has 2 saturated heterocycles. The van der Waals surface area contributed by atoms with E-state index >= 15 is 0 Å². The molecule has 0 aromatic heterocycles. The van der Waals surface area contributed by atoms with E-state index in [1.54, 1.807) is 12.1 Å². The topological polar surface area (TPSA) is 69.7 Å². The van der Waals surface area contributed by atoms with E-state index < -0.39 is 29.4 Å². The Hall–Kier alpha value is -3.13. The molecule has 2 aromatic carbocycles. The van der Waals surface area contributed by atoms with Gasteiger partial charge in [0.2, 0.25) is 5.91 Å². The molecular formula is C22H20FN3O3S.